The fourth-order valence-corrected chi connectivity index (χ4v) is 3.33. The maximum absolute atomic E-state index is 12.5. The predicted molar refractivity (Wildman–Crippen MR) is 106 cm³/mol. The summed E-state index contributed by atoms with van der Waals surface area (Å²) in [5, 5.41) is 20.1. The van der Waals surface area contributed by atoms with Crippen molar-refractivity contribution < 1.29 is 33.8 Å². The van der Waals surface area contributed by atoms with Gasteiger partial charge in [0.2, 0.25) is 0 Å². The summed E-state index contributed by atoms with van der Waals surface area (Å²) in [6.07, 6.45) is -0.446. The second kappa shape index (κ2) is 9.38. The van der Waals surface area contributed by atoms with Crippen molar-refractivity contribution in [3.63, 3.8) is 0 Å². The van der Waals surface area contributed by atoms with Crippen LogP contribution in [0.2, 0.25) is 5.02 Å². The third kappa shape index (κ3) is 6.58. The molecule has 8 nitrogen and oxygen atoms in total. The monoisotopic (exact) mass is 475 g/mol. The van der Waals surface area contributed by atoms with Gasteiger partial charge in [-0.2, -0.15) is 0 Å². The van der Waals surface area contributed by atoms with Crippen LogP contribution in [0, 0.1) is 0 Å². The lowest BCUT2D eigenvalue weighted by Gasteiger charge is -2.35. The average molecular weight is 477 g/mol. The highest BCUT2D eigenvalue weighted by molar-refractivity contribution is 9.10. The topological polar surface area (TPSA) is 106 Å². The molecule has 0 radical (unpaired) electrons. The molecule has 11 heteroatoms. The van der Waals surface area contributed by atoms with Gasteiger partial charge in [0.15, 0.2) is 24.1 Å². The SMILES string of the molecule is CC(O)OC1C=CC(=O)CN1C(=O)OC(C)(C)OB(O)c1cc(Cl)cc(Br)c1. The predicted octanol–water partition coefficient (Wildman–Crippen LogP) is 1.80. The normalized spacial score (nSPS) is 18.2. The zero-order valence-corrected chi connectivity index (χ0v) is 17.8. The standard InChI is InChI=1S/C17H20BBrClNO7/c1-10(22)26-15-5-4-14(23)9-21(15)16(24)27-17(2,3)28-18(25)11-6-12(19)8-13(20)7-11/h4-8,10,15,22,25H,9H2,1-3H3. The number of amides is 1. The van der Waals surface area contributed by atoms with Gasteiger partial charge in [0.1, 0.15) is 0 Å². The molecular weight excluding hydrogens is 456 g/mol. The summed E-state index contributed by atoms with van der Waals surface area (Å²) in [6.45, 7) is 3.95. The van der Waals surface area contributed by atoms with Gasteiger partial charge in [-0.1, -0.05) is 27.5 Å². The van der Waals surface area contributed by atoms with Crippen molar-refractivity contribution in [1.82, 2.24) is 4.90 Å². The molecule has 2 atom stereocenters. The minimum absolute atomic E-state index is 0.285. The molecule has 1 aromatic rings. The number of nitrogens with zero attached hydrogens (tertiary/aromatic N) is 1. The van der Waals surface area contributed by atoms with Crippen LogP contribution < -0.4 is 5.46 Å². The second-order valence-electron chi connectivity index (χ2n) is 6.52. The van der Waals surface area contributed by atoms with Crippen molar-refractivity contribution in [2.45, 2.75) is 39.1 Å². The second-order valence-corrected chi connectivity index (χ2v) is 7.87. The van der Waals surface area contributed by atoms with Crippen LogP contribution in [0.1, 0.15) is 20.8 Å². The Morgan fingerprint density at radius 1 is 1.43 bits per heavy atom. The molecule has 152 valence electrons. The molecule has 2 N–H and O–H groups in total. The van der Waals surface area contributed by atoms with Gasteiger partial charge in [0.05, 0.1) is 6.54 Å². The van der Waals surface area contributed by atoms with E-state index >= 15 is 0 Å². The van der Waals surface area contributed by atoms with Crippen molar-refractivity contribution in [3.8, 4) is 0 Å². The van der Waals surface area contributed by atoms with Gasteiger partial charge in [-0.25, -0.2) is 4.79 Å². The first-order valence-electron chi connectivity index (χ1n) is 8.33. The molecule has 1 aromatic carbocycles. The minimum atomic E-state index is -1.55. The summed E-state index contributed by atoms with van der Waals surface area (Å²) in [4.78, 5) is 25.2. The lowest BCUT2D eigenvalue weighted by Crippen LogP contribution is -2.51. The summed E-state index contributed by atoms with van der Waals surface area (Å²) in [5.41, 5.74) is 0.356. The van der Waals surface area contributed by atoms with Crippen molar-refractivity contribution in [2.24, 2.45) is 0 Å². The van der Waals surface area contributed by atoms with Crippen molar-refractivity contribution >= 4 is 52.0 Å². The summed E-state index contributed by atoms with van der Waals surface area (Å²) in [5.74, 6) is -1.88. The quantitative estimate of drug-likeness (QED) is 0.477. The van der Waals surface area contributed by atoms with Crippen LogP contribution in [0.5, 0.6) is 0 Å². The van der Waals surface area contributed by atoms with Crippen molar-refractivity contribution in [2.75, 3.05) is 6.54 Å². The van der Waals surface area contributed by atoms with E-state index in [-0.39, 0.29) is 12.3 Å². The molecule has 0 saturated carbocycles. The number of carbonyl (C=O) groups excluding carboxylic acids is 2. The molecule has 1 aliphatic heterocycles. The molecule has 0 aliphatic carbocycles. The van der Waals surface area contributed by atoms with Gasteiger partial charge in [0.25, 0.3) is 0 Å². The van der Waals surface area contributed by atoms with E-state index in [1.165, 1.54) is 39.0 Å². The summed E-state index contributed by atoms with van der Waals surface area (Å²) in [6, 6.07) is 4.76. The van der Waals surface area contributed by atoms with Crippen LogP contribution in [0.15, 0.2) is 34.8 Å². The molecule has 28 heavy (non-hydrogen) atoms. The van der Waals surface area contributed by atoms with Crippen molar-refractivity contribution in [1.29, 1.82) is 0 Å². The summed E-state index contributed by atoms with van der Waals surface area (Å²) in [7, 11) is -1.43. The van der Waals surface area contributed by atoms with E-state index in [1.807, 2.05) is 0 Å². The Morgan fingerprint density at radius 3 is 2.71 bits per heavy atom. The molecular formula is C17H20BBrClNO7. The Morgan fingerprint density at radius 2 is 2.11 bits per heavy atom. The van der Waals surface area contributed by atoms with Crippen molar-refractivity contribution in [3.05, 3.63) is 39.8 Å². The number of ketones is 1. The number of carbonyl (C=O) groups is 2. The smallest absolute Gasteiger partial charge is 0.423 e. The fourth-order valence-electron chi connectivity index (χ4n) is 2.44. The van der Waals surface area contributed by atoms with E-state index < -0.39 is 31.5 Å². The molecule has 0 saturated heterocycles. The maximum Gasteiger partial charge on any atom is 0.494 e. The van der Waals surface area contributed by atoms with E-state index in [9.17, 15) is 19.7 Å². The number of benzene rings is 1. The fraction of sp³-hybridized carbons (Fsp3) is 0.412. The molecule has 0 aromatic heterocycles. The van der Waals surface area contributed by atoms with Crippen LogP contribution in [-0.2, 0) is 18.9 Å². The highest BCUT2D eigenvalue weighted by atomic mass is 79.9. The van der Waals surface area contributed by atoms with Gasteiger partial charge in [0, 0.05) is 9.50 Å². The molecule has 0 fully saturated rings. The highest BCUT2D eigenvalue weighted by Crippen LogP contribution is 2.20. The lowest BCUT2D eigenvalue weighted by atomic mass is 9.79. The maximum atomic E-state index is 12.5. The first kappa shape index (κ1) is 22.9. The molecule has 2 unspecified atom stereocenters. The van der Waals surface area contributed by atoms with Crippen LogP contribution >= 0.6 is 27.5 Å². The zero-order valence-electron chi connectivity index (χ0n) is 15.5. The molecule has 1 aliphatic rings. The zero-order chi connectivity index (χ0) is 21.1. The molecule has 2 rings (SSSR count). The van der Waals surface area contributed by atoms with E-state index in [2.05, 4.69) is 15.9 Å². The number of hydrogen-bond donors (Lipinski definition) is 2. The third-order valence-corrected chi connectivity index (χ3v) is 4.23. The highest BCUT2D eigenvalue weighted by Gasteiger charge is 2.36. The van der Waals surface area contributed by atoms with E-state index in [1.54, 1.807) is 12.1 Å². The third-order valence-electron chi connectivity index (χ3n) is 3.55. The number of hydrogen-bond acceptors (Lipinski definition) is 7. The van der Waals surface area contributed by atoms with Crippen LogP contribution in [-0.4, -0.2) is 58.9 Å². The number of rotatable bonds is 6. The first-order valence-corrected chi connectivity index (χ1v) is 9.50. The largest absolute Gasteiger partial charge is 0.494 e. The average Bonchev–Trinajstić information content (AvgIpc) is 2.54. The Balaban J connectivity index is 2.07. The molecule has 0 bridgehead atoms. The summed E-state index contributed by atoms with van der Waals surface area (Å²) >= 11 is 9.23. The molecule has 0 spiro atoms. The van der Waals surface area contributed by atoms with Crippen LogP contribution in [0.25, 0.3) is 0 Å². The number of halogens is 2. The lowest BCUT2D eigenvalue weighted by molar-refractivity contribution is -0.170. The number of ether oxygens (including phenoxy) is 2. The van der Waals surface area contributed by atoms with E-state index in [0.717, 1.165) is 4.90 Å². The molecule has 1 heterocycles. The van der Waals surface area contributed by atoms with Gasteiger partial charge in [-0.05, 0) is 56.6 Å². The Hall–Kier alpha value is -1.43. The van der Waals surface area contributed by atoms with E-state index in [4.69, 9.17) is 25.7 Å². The first-order chi connectivity index (χ1) is 13.0. The van der Waals surface area contributed by atoms with E-state index in [0.29, 0.717) is 15.0 Å². The van der Waals surface area contributed by atoms with Gasteiger partial charge < -0.3 is 24.3 Å². The molecule has 1 amide bonds. The minimum Gasteiger partial charge on any atom is -0.423 e. The number of aliphatic hydroxyl groups excluding tert-OH is 1. The number of aliphatic hydroxyl groups is 1. The Labute approximate surface area is 176 Å². The Bertz CT molecular complexity index is 754. The van der Waals surface area contributed by atoms with Gasteiger partial charge in [-0.15, -0.1) is 0 Å². The van der Waals surface area contributed by atoms with Gasteiger partial charge in [-0.3, -0.25) is 9.69 Å². The van der Waals surface area contributed by atoms with Crippen LogP contribution in [0.4, 0.5) is 4.79 Å². The Kier molecular flexibility index (Phi) is 7.66. The summed E-state index contributed by atoms with van der Waals surface area (Å²) < 4.78 is 16.6. The van der Waals surface area contributed by atoms with Crippen LogP contribution in [0.3, 0.4) is 0 Å². The van der Waals surface area contributed by atoms with Gasteiger partial charge >= 0.3 is 13.2 Å².